The lowest BCUT2D eigenvalue weighted by atomic mass is 10.1. The van der Waals surface area contributed by atoms with E-state index in [2.05, 4.69) is 31.3 Å². The number of halogens is 4. The largest absolute Gasteiger partial charge is 0.573 e. The number of carbonyl (C=O) groups excluding carboxylic acids is 1. The third-order valence-electron chi connectivity index (χ3n) is 3.32. The Labute approximate surface area is 137 Å². The Morgan fingerprint density at radius 2 is 2.00 bits per heavy atom. The Morgan fingerprint density at radius 1 is 1.35 bits per heavy atom. The summed E-state index contributed by atoms with van der Waals surface area (Å²) in [6.07, 6.45) is -3.81. The molecule has 1 fully saturated rings. The lowest BCUT2D eigenvalue weighted by Crippen LogP contribution is -2.36. The van der Waals surface area contributed by atoms with Crippen molar-refractivity contribution in [2.24, 2.45) is 5.41 Å². The van der Waals surface area contributed by atoms with Gasteiger partial charge in [0.2, 0.25) is 0 Å². The maximum Gasteiger partial charge on any atom is 0.573 e. The van der Waals surface area contributed by atoms with Gasteiger partial charge < -0.3 is 20.5 Å². The lowest BCUT2D eigenvalue weighted by Gasteiger charge is -2.14. The lowest BCUT2D eigenvalue weighted by molar-refractivity contribution is -0.274. The predicted molar refractivity (Wildman–Crippen MR) is 77.1 cm³/mol. The zero-order valence-electron chi connectivity index (χ0n) is 11.5. The van der Waals surface area contributed by atoms with E-state index in [4.69, 9.17) is 5.11 Å². The van der Waals surface area contributed by atoms with Gasteiger partial charge in [0.1, 0.15) is 5.75 Å². The molecule has 0 heterocycles. The van der Waals surface area contributed by atoms with E-state index >= 15 is 0 Å². The van der Waals surface area contributed by atoms with E-state index in [1.807, 2.05) is 0 Å². The van der Waals surface area contributed by atoms with Crippen LogP contribution in [-0.4, -0.2) is 30.0 Å². The molecule has 0 bridgehead atoms. The first-order chi connectivity index (χ1) is 10.6. The molecule has 0 aromatic heterocycles. The summed E-state index contributed by atoms with van der Waals surface area (Å²) in [6.45, 7) is -0.0128. The molecule has 0 radical (unpaired) electrons. The Kier molecular flexibility index (Phi) is 4.73. The van der Waals surface area contributed by atoms with Gasteiger partial charge in [0.25, 0.3) is 0 Å². The van der Waals surface area contributed by atoms with Crippen LogP contribution in [0.3, 0.4) is 0 Å². The fourth-order valence-corrected chi connectivity index (χ4v) is 2.28. The van der Waals surface area contributed by atoms with Gasteiger partial charge in [-0.25, -0.2) is 4.79 Å². The molecule has 1 saturated carbocycles. The first kappa shape index (κ1) is 17.4. The van der Waals surface area contributed by atoms with Gasteiger partial charge in [-0.3, -0.25) is 4.79 Å². The number of aliphatic carboxylic acids is 1. The van der Waals surface area contributed by atoms with Crippen LogP contribution >= 0.6 is 15.9 Å². The van der Waals surface area contributed by atoms with Crippen molar-refractivity contribution in [3.05, 3.63) is 22.7 Å². The van der Waals surface area contributed by atoms with Crippen molar-refractivity contribution >= 4 is 33.6 Å². The molecule has 0 aliphatic heterocycles. The minimum absolute atomic E-state index is 0.0128. The molecule has 0 saturated heterocycles. The number of alkyl halides is 3. The van der Waals surface area contributed by atoms with Crippen LogP contribution < -0.4 is 15.4 Å². The molecule has 0 atom stereocenters. The minimum Gasteiger partial charge on any atom is -0.481 e. The molecule has 6 nitrogen and oxygen atoms in total. The van der Waals surface area contributed by atoms with Gasteiger partial charge >= 0.3 is 18.4 Å². The monoisotopic (exact) mass is 396 g/mol. The second-order valence-electron chi connectivity index (χ2n) is 5.08. The number of urea groups is 1. The number of carboxylic acids is 1. The number of carboxylic acid groups (broad SMARTS) is 1. The Morgan fingerprint density at radius 3 is 2.48 bits per heavy atom. The van der Waals surface area contributed by atoms with Gasteiger partial charge in [0, 0.05) is 11.0 Å². The number of hydrogen-bond acceptors (Lipinski definition) is 3. The van der Waals surface area contributed by atoms with Crippen LogP contribution in [-0.2, 0) is 4.79 Å². The molecule has 0 unspecified atom stereocenters. The summed E-state index contributed by atoms with van der Waals surface area (Å²) in [6, 6.07) is 2.69. The third-order valence-corrected chi connectivity index (χ3v) is 3.97. The van der Waals surface area contributed by atoms with Gasteiger partial charge in [-0.05, 0) is 47.0 Å². The minimum atomic E-state index is -4.80. The normalized spacial score (nSPS) is 15.7. The summed E-state index contributed by atoms with van der Waals surface area (Å²) < 4.78 is 40.2. The van der Waals surface area contributed by atoms with Gasteiger partial charge in [0.15, 0.2) is 0 Å². The highest BCUT2D eigenvalue weighted by Gasteiger charge is 2.50. The van der Waals surface area contributed by atoms with Gasteiger partial charge in [-0.1, -0.05) is 0 Å². The van der Waals surface area contributed by atoms with E-state index in [1.165, 1.54) is 6.07 Å². The number of carbonyl (C=O) groups is 2. The summed E-state index contributed by atoms with van der Waals surface area (Å²) in [5.41, 5.74) is -0.684. The zero-order valence-corrected chi connectivity index (χ0v) is 13.1. The summed E-state index contributed by atoms with van der Waals surface area (Å²) in [7, 11) is 0. The molecular weight excluding hydrogens is 385 g/mol. The van der Waals surface area contributed by atoms with Crippen LogP contribution in [0, 0.1) is 5.41 Å². The fraction of sp³-hybridized carbons (Fsp3) is 0.385. The Bertz CT molecular complexity index is 632. The summed E-state index contributed by atoms with van der Waals surface area (Å²) in [5.74, 6) is -1.40. The Hall–Kier alpha value is -1.97. The molecular formula is C13H12BrF3N2O4. The first-order valence-corrected chi connectivity index (χ1v) is 7.24. The maximum atomic E-state index is 12.1. The highest BCUT2D eigenvalue weighted by Crippen LogP contribution is 2.45. The van der Waals surface area contributed by atoms with Crippen molar-refractivity contribution in [2.75, 3.05) is 11.9 Å². The first-order valence-electron chi connectivity index (χ1n) is 6.45. The number of benzene rings is 1. The Balaban J connectivity index is 1.92. The maximum absolute atomic E-state index is 12.1. The molecule has 1 aliphatic carbocycles. The van der Waals surface area contributed by atoms with Crippen molar-refractivity contribution < 1.29 is 32.6 Å². The van der Waals surface area contributed by atoms with Crippen molar-refractivity contribution in [3.63, 3.8) is 0 Å². The zero-order chi connectivity index (χ0) is 17.3. The number of rotatable bonds is 5. The number of hydrogen-bond donors (Lipinski definition) is 3. The van der Waals surface area contributed by atoms with Gasteiger partial charge in [-0.2, -0.15) is 0 Å². The molecule has 126 valence electrons. The quantitative estimate of drug-likeness (QED) is 0.712. The smallest absolute Gasteiger partial charge is 0.481 e. The average Bonchev–Trinajstić information content (AvgIpc) is 3.19. The summed E-state index contributed by atoms with van der Waals surface area (Å²) in [4.78, 5) is 22.7. The fourth-order valence-electron chi connectivity index (χ4n) is 1.83. The second kappa shape index (κ2) is 6.26. The van der Waals surface area contributed by atoms with Crippen LogP contribution in [0.25, 0.3) is 0 Å². The number of anilines is 1. The standard InChI is InChI=1S/C13H12BrF3N2O4/c14-8-5-7(23-13(15,16)17)1-2-9(8)19-11(22)18-6-12(3-4-12)10(20)21/h1-2,5H,3-4,6H2,(H,20,21)(H2,18,19,22). The molecule has 1 aromatic carbocycles. The topological polar surface area (TPSA) is 87.7 Å². The number of nitrogens with one attached hydrogen (secondary N) is 2. The molecule has 0 spiro atoms. The van der Waals surface area contributed by atoms with Crippen LogP contribution in [0.4, 0.5) is 23.7 Å². The average molecular weight is 397 g/mol. The van der Waals surface area contributed by atoms with Crippen molar-refractivity contribution in [1.82, 2.24) is 5.32 Å². The number of amides is 2. The molecule has 1 aromatic rings. The second-order valence-corrected chi connectivity index (χ2v) is 5.94. The van der Waals surface area contributed by atoms with Gasteiger partial charge in [0.05, 0.1) is 11.1 Å². The van der Waals surface area contributed by atoms with Crippen LogP contribution in [0.1, 0.15) is 12.8 Å². The van der Waals surface area contributed by atoms with Crippen molar-refractivity contribution in [1.29, 1.82) is 0 Å². The molecule has 2 rings (SSSR count). The van der Waals surface area contributed by atoms with Crippen LogP contribution in [0.5, 0.6) is 5.75 Å². The molecule has 23 heavy (non-hydrogen) atoms. The van der Waals surface area contributed by atoms with Crippen LogP contribution in [0.2, 0.25) is 0 Å². The van der Waals surface area contributed by atoms with Crippen molar-refractivity contribution in [2.45, 2.75) is 19.2 Å². The van der Waals surface area contributed by atoms with E-state index in [0.29, 0.717) is 12.8 Å². The van der Waals surface area contributed by atoms with E-state index in [9.17, 15) is 22.8 Å². The molecule has 1 aliphatic rings. The van der Waals surface area contributed by atoms with E-state index in [-0.39, 0.29) is 16.7 Å². The SMILES string of the molecule is O=C(NCC1(C(=O)O)CC1)Nc1ccc(OC(F)(F)F)cc1Br. The molecule has 2 amide bonds. The third kappa shape index (κ3) is 4.75. The van der Waals surface area contributed by atoms with Gasteiger partial charge in [-0.15, -0.1) is 13.2 Å². The van der Waals surface area contributed by atoms with E-state index < -0.39 is 29.5 Å². The molecule has 3 N–H and O–H groups in total. The number of ether oxygens (including phenoxy) is 1. The van der Waals surface area contributed by atoms with E-state index in [0.717, 1.165) is 12.1 Å². The highest BCUT2D eigenvalue weighted by molar-refractivity contribution is 9.10. The van der Waals surface area contributed by atoms with Crippen molar-refractivity contribution in [3.8, 4) is 5.75 Å². The summed E-state index contributed by atoms with van der Waals surface area (Å²) in [5, 5.41) is 13.8. The molecule has 10 heteroatoms. The summed E-state index contributed by atoms with van der Waals surface area (Å²) >= 11 is 3.03. The highest BCUT2D eigenvalue weighted by atomic mass is 79.9. The predicted octanol–water partition coefficient (Wildman–Crippen LogP) is 3.33. The van der Waals surface area contributed by atoms with Crippen LogP contribution in [0.15, 0.2) is 22.7 Å². The van der Waals surface area contributed by atoms with E-state index in [1.54, 1.807) is 0 Å².